The van der Waals surface area contributed by atoms with Gasteiger partial charge in [-0.25, -0.2) is 0 Å². The second-order valence-corrected chi connectivity index (χ2v) is 13.9. The lowest BCUT2D eigenvalue weighted by Crippen LogP contribution is -2.58. The molecule has 4 aliphatic rings. The van der Waals surface area contributed by atoms with Crippen molar-refractivity contribution in [2.24, 2.45) is 11.8 Å². The van der Waals surface area contributed by atoms with Crippen LogP contribution in [0.2, 0.25) is 0 Å². The molecule has 0 bridgehead atoms. The lowest BCUT2D eigenvalue weighted by molar-refractivity contribution is -0.143. The molecule has 8 nitrogen and oxygen atoms in total. The molecule has 1 aromatic rings. The number of carbonyl (C=O) groups is 3. The Morgan fingerprint density at radius 3 is 2.10 bits per heavy atom. The zero-order chi connectivity index (χ0) is 29.7. The predicted octanol–water partition coefficient (Wildman–Crippen LogP) is 4.85. The maximum Gasteiger partial charge on any atom is 0.263 e. The molecule has 0 atom stereocenters. The highest BCUT2D eigenvalue weighted by Gasteiger charge is 2.38. The quantitative estimate of drug-likeness (QED) is 0.521. The lowest BCUT2D eigenvalue weighted by Gasteiger charge is -2.38. The Balaban J connectivity index is 1.28. The number of pyridine rings is 1. The first-order valence-corrected chi connectivity index (χ1v) is 16.9. The summed E-state index contributed by atoms with van der Waals surface area (Å²) in [5.41, 5.74) is 1.04. The molecule has 2 aliphatic heterocycles. The van der Waals surface area contributed by atoms with Crippen LogP contribution in [0.1, 0.15) is 125 Å². The number of piperidine rings is 2. The summed E-state index contributed by atoms with van der Waals surface area (Å²) in [7, 11) is 0. The molecular formula is C34H52N4O4. The van der Waals surface area contributed by atoms with Gasteiger partial charge in [0.25, 0.3) is 11.5 Å². The zero-order valence-electron chi connectivity index (χ0n) is 26.1. The van der Waals surface area contributed by atoms with E-state index in [0.717, 1.165) is 75.7 Å². The Hall–Kier alpha value is -2.64. The number of aromatic nitrogens is 1. The summed E-state index contributed by atoms with van der Waals surface area (Å²) < 4.78 is 1.94. The van der Waals surface area contributed by atoms with Gasteiger partial charge in [0.15, 0.2) is 0 Å². The molecule has 3 fully saturated rings. The van der Waals surface area contributed by atoms with Crippen LogP contribution in [0.5, 0.6) is 0 Å². The summed E-state index contributed by atoms with van der Waals surface area (Å²) in [6, 6.07) is 1.83. The molecule has 5 rings (SSSR count). The third-order valence-electron chi connectivity index (χ3n) is 10.3. The first-order chi connectivity index (χ1) is 20.2. The standard InChI is InChI=1S/C34H52N4O4/c1-34(2,33(42)37-21-17-26(18-22-37)31(40)36-19-11-6-12-20-36)35-30(39)28-23-27-15-9-3-4-10-16-29(27)38(32(28)41)24-25-13-7-5-8-14-25/h23,25-26H,3-22,24H2,1-2H3,(H,35,39). The van der Waals surface area contributed by atoms with Gasteiger partial charge in [0.05, 0.1) is 0 Å². The Labute approximate surface area is 251 Å². The number of hydrogen-bond donors (Lipinski definition) is 1. The van der Waals surface area contributed by atoms with E-state index in [1.807, 2.05) is 15.5 Å². The minimum Gasteiger partial charge on any atom is -0.342 e. The molecule has 1 N–H and O–H groups in total. The number of carbonyl (C=O) groups excluding carboxylic acids is 3. The van der Waals surface area contributed by atoms with Crippen LogP contribution in [-0.2, 0) is 29.0 Å². The van der Waals surface area contributed by atoms with Gasteiger partial charge in [-0.1, -0.05) is 32.1 Å². The third-order valence-corrected chi connectivity index (χ3v) is 10.3. The van der Waals surface area contributed by atoms with Crippen molar-refractivity contribution in [2.45, 2.75) is 129 Å². The molecule has 0 spiro atoms. The first kappa shape index (κ1) is 30.8. The van der Waals surface area contributed by atoms with Crippen LogP contribution >= 0.6 is 0 Å². The molecule has 2 saturated heterocycles. The molecule has 42 heavy (non-hydrogen) atoms. The lowest BCUT2D eigenvalue weighted by atomic mass is 9.88. The van der Waals surface area contributed by atoms with E-state index in [1.54, 1.807) is 18.7 Å². The highest BCUT2D eigenvalue weighted by Crippen LogP contribution is 2.28. The number of rotatable bonds is 6. The topological polar surface area (TPSA) is 91.7 Å². The predicted molar refractivity (Wildman–Crippen MR) is 164 cm³/mol. The highest BCUT2D eigenvalue weighted by molar-refractivity contribution is 5.99. The zero-order valence-corrected chi connectivity index (χ0v) is 26.1. The average Bonchev–Trinajstić information content (AvgIpc) is 2.99. The van der Waals surface area contributed by atoms with Gasteiger partial charge in [0.1, 0.15) is 11.1 Å². The van der Waals surface area contributed by atoms with Crippen molar-refractivity contribution < 1.29 is 14.4 Å². The van der Waals surface area contributed by atoms with E-state index in [4.69, 9.17) is 0 Å². The summed E-state index contributed by atoms with van der Waals surface area (Å²) in [5.74, 6) is 0.0605. The van der Waals surface area contributed by atoms with E-state index in [-0.39, 0.29) is 28.9 Å². The van der Waals surface area contributed by atoms with E-state index in [9.17, 15) is 19.2 Å². The monoisotopic (exact) mass is 580 g/mol. The summed E-state index contributed by atoms with van der Waals surface area (Å²) >= 11 is 0. The summed E-state index contributed by atoms with van der Waals surface area (Å²) in [4.78, 5) is 58.0. The van der Waals surface area contributed by atoms with Crippen molar-refractivity contribution in [3.05, 3.63) is 33.2 Å². The van der Waals surface area contributed by atoms with Crippen LogP contribution in [0, 0.1) is 11.8 Å². The molecule has 0 aromatic carbocycles. The number of nitrogens with zero attached hydrogens (tertiary/aromatic N) is 3. The molecule has 8 heteroatoms. The van der Waals surface area contributed by atoms with Crippen molar-refractivity contribution in [3.8, 4) is 0 Å². The Morgan fingerprint density at radius 1 is 0.786 bits per heavy atom. The van der Waals surface area contributed by atoms with Crippen LogP contribution in [-0.4, -0.2) is 63.8 Å². The van der Waals surface area contributed by atoms with E-state index in [2.05, 4.69) is 5.32 Å². The minimum atomic E-state index is -1.16. The van der Waals surface area contributed by atoms with E-state index < -0.39 is 11.4 Å². The molecular weight excluding hydrogens is 528 g/mol. The first-order valence-electron chi connectivity index (χ1n) is 16.9. The van der Waals surface area contributed by atoms with E-state index >= 15 is 0 Å². The van der Waals surface area contributed by atoms with Gasteiger partial charge in [-0.2, -0.15) is 0 Å². The second kappa shape index (κ2) is 13.8. The van der Waals surface area contributed by atoms with E-state index in [0.29, 0.717) is 38.4 Å². The number of aryl methyl sites for hydroxylation is 1. The van der Waals surface area contributed by atoms with Crippen molar-refractivity contribution in [3.63, 3.8) is 0 Å². The van der Waals surface area contributed by atoms with Gasteiger partial charge >= 0.3 is 0 Å². The fourth-order valence-corrected chi connectivity index (χ4v) is 7.72. The Bertz CT molecular complexity index is 1180. The Kier molecular flexibility index (Phi) is 10.1. The van der Waals surface area contributed by atoms with Crippen LogP contribution in [0.4, 0.5) is 0 Å². The number of amides is 3. The van der Waals surface area contributed by atoms with Gasteiger partial charge in [-0.15, -0.1) is 0 Å². The summed E-state index contributed by atoms with van der Waals surface area (Å²) in [6.45, 7) is 6.86. The Morgan fingerprint density at radius 2 is 1.40 bits per heavy atom. The summed E-state index contributed by atoms with van der Waals surface area (Å²) in [5, 5.41) is 2.94. The van der Waals surface area contributed by atoms with Gasteiger partial charge in [0, 0.05) is 44.3 Å². The molecule has 0 radical (unpaired) electrons. The SMILES string of the molecule is CC(C)(NC(=O)c1cc2c(n(CC3CCCCC3)c1=O)CCCCCC2)C(=O)N1CCC(C(=O)N2CCCCC2)CC1. The fraction of sp³-hybridized carbons (Fsp3) is 0.765. The van der Waals surface area contributed by atoms with Crippen molar-refractivity contribution in [1.82, 2.24) is 19.7 Å². The molecule has 1 saturated carbocycles. The van der Waals surface area contributed by atoms with Crippen molar-refractivity contribution >= 4 is 17.7 Å². The molecule has 0 unspecified atom stereocenters. The van der Waals surface area contributed by atoms with Crippen molar-refractivity contribution in [2.75, 3.05) is 26.2 Å². The van der Waals surface area contributed by atoms with Crippen molar-refractivity contribution in [1.29, 1.82) is 0 Å². The molecule has 1 aromatic heterocycles. The maximum atomic E-state index is 13.9. The molecule has 3 heterocycles. The van der Waals surface area contributed by atoms with Crippen LogP contribution in [0.3, 0.4) is 0 Å². The maximum absolute atomic E-state index is 13.9. The smallest absolute Gasteiger partial charge is 0.263 e. The van der Waals surface area contributed by atoms with Gasteiger partial charge in [-0.3, -0.25) is 19.2 Å². The van der Waals surface area contributed by atoms with Gasteiger partial charge in [-0.05, 0) is 102 Å². The fourth-order valence-electron chi connectivity index (χ4n) is 7.72. The number of fused-ring (bicyclic) bond motifs is 1. The normalized spacial score (nSPS) is 21.3. The summed E-state index contributed by atoms with van der Waals surface area (Å²) in [6.07, 6.45) is 16.9. The highest BCUT2D eigenvalue weighted by atomic mass is 16.2. The van der Waals surface area contributed by atoms with Crippen LogP contribution in [0.25, 0.3) is 0 Å². The number of hydrogen-bond acceptors (Lipinski definition) is 4. The second-order valence-electron chi connectivity index (χ2n) is 13.9. The number of nitrogens with one attached hydrogen (secondary N) is 1. The van der Waals surface area contributed by atoms with Gasteiger partial charge < -0.3 is 19.7 Å². The van der Waals surface area contributed by atoms with Gasteiger partial charge in [0.2, 0.25) is 11.8 Å². The van der Waals surface area contributed by atoms with Crippen LogP contribution < -0.4 is 10.9 Å². The largest absolute Gasteiger partial charge is 0.342 e. The van der Waals surface area contributed by atoms with Crippen LogP contribution in [0.15, 0.2) is 10.9 Å². The molecule has 3 amide bonds. The minimum absolute atomic E-state index is 0.0312. The molecule has 2 aliphatic carbocycles. The number of likely N-dealkylation sites (tertiary alicyclic amines) is 2. The third kappa shape index (κ3) is 7.11. The molecule has 232 valence electrons. The van der Waals surface area contributed by atoms with E-state index in [1.165, 1.54) is 38.5 Å². The average molecular weight is 581 g/mol.